The highest BCUT2D eigenvalue weighted by Gasteiger charge is 2.07. The molecule has 84 valence electrons. The zero-order valence-corrected chi connectivity index (χ0v) is 9.30. The summed E-state index contributed by atoms with van der Waals surface area (Å²) < 4.78 is 17.9. The molecule has 1 aromatic rings. The summed E-state index contributed by atoms with van der Waals surface area (Å²) >= 11 is 5.61. The zero-order chi connectivity index (χ0) is 11.3. The predicted octanol–water partition coefficient (Wildman–Crippen LogP) is 2.42. The van der Waals surface area contributed by atoms with Crippen LogP contribution < -0.4 is 0 Å². The van der Waals surface area contributed by atoms with Crippen molar-refractivity contribution in [2.75, 3.05) is 13.2 Å². The minimum atomic E-state index is -0.577. The van der Waals surface area contributed by atoms with Gasteiger partial charge in [-0.15, -0.1) is 0 Å². The number of hydrogen-bond donors (Lipinski definition) is 1. The quantitative estimate of drug-likeness (QED) is 0.845. The van der Waals surface area contributed by atoms with Crippen LogP contribution in [0.4, 0.5) is 4.39 Å². The van der Waals surface area contributed by atoms with Crippen LogP contribution >= 0.6 is 11.6 Å². The van der Waals surface area contributed by atoms with E-state index < -0.39 is 11.9 Å². The molecule has 15 heavy (non-hydrogen) atoms. The molecule has 1 N–H and O–H groups in total. The van der Waals surface area contributed by atoms with Gasteiger partial charge in [-0.2, -0.15) is 0 Å². The van der Waals surface area contributed by atoms with Crippen molar-refractivity contribution in [1.82, 2.24) is 0 Å². The van der Waals surface area contributed by atoms with Gasteiger partial charge < -0.3 is 9.84 Å². The monoisotopic (exact) mass is 232 g/mol. The Morgan fingerprint density at radius 2 is 2.27 bits per heavy atom. The molecule has 4 heteroatoms. The number of ether oxygens (including phenoxy) is 1. The Bertz CT molecular complexity index is 317. The van der Waals surface area contributed by atoms with E-state index in [-0.39, 0.29) is 11.6 Å². The Balaban J connectivity index is 2.53. The molecule has 0 heterocycles. The van der Waals surface area contributed by atoms with E-state index >= 15 is 0 Å². The van der Waals surface area contributed by atoms with Gasteiger partial charge >= 0.3 is 0 Å². The van der Waals surface area contributed by atoms with Crippen LogP contribution in [0.1, 0.15) is 12.5 Å². The fourth-order valence-corrected chi connectivity index (χ4v) is 1.45. The molecule has 0 saturated carbocycles. The molecule has 0 saturated heterocycles. The van der Waals surface area contributed by atoms with E-state index in [1.807, 2.05) is 6.92 Å². The molecule has 1 rings (SSSR count). The Labute approximate surface area is 93.6 Å². The van der Waals surface area contributed by atoms with Crippen molar-refractivity contribution in [1.29, 1.82) is 0 Å². The van der Waals surface area contributed by atoms with Gasteiger partial charge in [-0.05, 0) is 24.6 Å². The van der Waals surface area contributed by atoms with Gasteiger partial charge in [-0.25, -0.2) is 4.39 Å². The van der Waals surface area contributed by atoms with Gasteiger partial charge in [0.25, 0.3) is 0 Å². The van der Waals surface area contributed by atoms with E-state index in [9.17, 15) is 9.50 Å². The first-order valence-corrected chi connectivity index (χ1v) is 5.21. The van der Waals surface area contributed by atoms with Crippen LogP contribution in [0.5, 0.6) is 0 Å². The van der Waals surface area contributed by atoms with Gasteiger partial charge in [0.2, 0.25) is 0 Å². The third-order valence-corrected chi connectivity index (χ3v) is 2.26. The van der Waals surface area contributed by atoms with E-state index in [0.717, 1.165) is 5.56 Å². The van der Waals surface area contributed by atoms with Crippen molar-refractivity contribution in [2.24, 2.45) is 0 Å². The minimum absolute atomic E-state index is 0.0797. The lowest BCUT2D eigenvalue weighted by atomic mass is 10.1. The minimum Gasteiger partial charge on any atom is -0.390 e. The molecule has 0 aliphatic carbocycles. The number of aliphatic hydroxyl groups excluding tert-OH is 1. The third kappa shape index (κ3) is 4.16. The molecule has 0 amide bonds. The van der Waals surface area contributed by atoms with Gasteiger partial charge in [-0.3, -0.25) is 0 Å². The maximum atomic E-state index is 12.8. The molecule has 1 unspecified atom stereocenters. The normalized spacial score (nSPS) is 12.8. The molecule has 1 aromatic carbocycles. The molecular weight excluding hydrogens is 219 g/mol. The molecule has 2 nitrogen and oxygen atoms in total. The molecule has 0 aliphatic rings. The first-order chi connectivity index (χ1) is 7.13. The second-order valence-corrected chi connectivity index (χ2v) is 3.67. The Kier molecular flexibility index (Phi) is 5.02. The average molecular weight is 233 g/mol. The Morgan fingerprint density at radius 3 is 2.87 bits per heavy atom. The summed E-state index contributed by atoms with van der Waals surface area (Å²) in [5.41, 5.74) is 0.800. The van der Waals surface area contributed by atoms with Gasteiger partial charge in [0.05, 0.1) is 17.7 Å². The zero-order valence-electron chi connectivity index (χ0n) is 8.54. The van der Waals surface area contributed by atoms with E-state index in [0.29, 0.717) is 13.0 Å². The lowest BCUT2D eigenvalue weighted by Crippen LogP contribution is -2.18. The molecule has 0 spiro atoms. The molecular formula is C11H14ClFO2. The standard InChI is InChI=1S/C11H14ClFO2/c1-2-15-7-9(14)5-8-3-4-11(13)10(12)6-8/h3-4,6,9,14H,2,5,7H2,1H3. The highest BCUT2D eigenvalue weighted by atomic mass is 35.5. The van der Waals surface area contributed by atoms with Gasteiger partial charge in [-0.1, -0.05) is 17.7 Å². The largest absolute Gasteiger partial charge is 0.390 e. The molecule has 0 aromatic heterocycles. The number of halogens is 2. The van der Waals surface area contributed by atoms with Gasteiger partial charge in [0.1, 0.15) is 5.82 Å². The molecule has 0 radical (unpaired) electrons. The van der Waals surface area contributed by atoms with Crippen LogP contribution in [-0.4, -0.2) is 24.4 Å². The summed E-state index contributed by atoms with van der Waals surface area (Å²) in [6.07, 6.45) is -0.161. The van der Waals surface area contributed by atoms with E-state index in [1.165, 1.54) is 12.1 Å². The predicted molar refractivity (Wildman–Crippen MR) is 57.6 cm³/mol. The number of benzene rings is 1. The summed E-state index contributed by atoms with van der Waals surface area (Å²) in [6.45, 7) is 2.72. The summed E-state index contributed by atoms with van der Waals surface area (Å²) in [6, 6.07) is 4.42. The SMILES string of the molecule is CCOCC(O)Cc1ccc(F)c(Cl)c1. The fraction of sp³-hybridized carbons (Fsp3) is 0.455. The van der Waals surface area contributed by atoms with Crippen LogP contribution in [0, 0.1) is 5.82 Å². The van der Waals surface area contributed by atoms with Crippen molar-refractivity contribution in [3.05, 3.63) is 34.6 Å². The Hall–Kier alpha value is -0.640. The van der Waals surface area contributed by atoms with Gasteiger partial charge in [0.15, 0.2) is 0 Å². The summed E-state index contributed by atoms with van der Waals surface area (Å²) in [4.78, 5) is 0. The summed E-state index contributed by atoms with van der Waals surface area (Å²) in [5, 5.41) is 9.61. The summed E-state index contributed by atoms with van der Waals surface area (Å²) in [7, 11) is 0. The average Bonchev–Trinajstić information content (AvgIpc) is 2.20. The van der Waals surface area contributed by atoms with Crippen molar-refractivity contribution in [3.63, 3.8) is 0 Å². The number of aliphatic hydroxyl groups is 1. The van der Waals surface area contributed by atoms with E-state index in [4.69, 9.17) is 16.3 Å². The van der Waals surface area contributed by atoms with Crippen molar-refractivity contribution in [2.45, 2.75) is 19.4 Å². The molecule has 0 aliphatic heterocycles. The van der Waals surface area contributed by atoms with Crippen molar-refractivity contribution >= 4 is 11.6 Å². The lowest BCUT2D eigenvalue weighted by molar-refractivity contribution is 0.0430. The maximum Gasteiger partial charge on any atom is 0.141 e. The molecule has 0 fully saturated rings. The van der Waals surface area contributed by atoms with Crippen LogP contribution in [0.25, 0.3) is 0 Å². The van der Waals surface area contributed by atoms with Crippen LogP contribution in [0.15, 0.2) is 18.2 Å². The smallest absolute Gasteiger partial charge is 0.141 e. The highest BCUT2D eigenvalue weighted by molar-refractivity contribution is 6.30. The highest BCUT2D eigenvalue weighted by Crippen LogP contribution is 2.17. The Morgan fingerprint density at radius 1 is 1.53 bits per heavy atom. The molecule has 0 bridgehead atoms. The lowest BCUT2D eigenvalue weighted by Gasteiger charge is -2.10. The topological polar surface area (TPSA) is 29.5 Å². The number of rotatable bonds is 5. The van der Waals surface area contributed by atoms with Crippen LogP contribution in [0.2, 0.25) is 5.02 Å². The van der Waals surface area contributed by atoms with Crippen molar-refractivity contribution < 1.29 is 14.2 Å². The second-order valence-electron chi connectivity index (χ2n) is 3.27. The number of hydrogen-bond acceptors (Lipinski definition) is 2. The van der Waals surface area contributed by atoms with Crippen LogP contribution in [-0.2, 0) is 11.2 Å². The van der Waals surface area contributed by atoms with E-state index in [2.05, 4.69) is 0 Å². The third-order valence-electron chi connectivity index (χ3n) is 1.97. The van der Waals surface area contributed by atoms with E-state index in [1.54, 1.807) is 6.07 Å². The van der Waals surface area contributed by atoms with Crippen LogP contribution in [0.3, 0.4) is 0 Å². The van der Waals surface area contributed by atoms with Crippen molar-refractivity contribution in [3.8, 4) is 0 Å². The summed E-state index contributed by atoms with van der Waals surface area (Å²) in [5.74, 6) is -0.445. The first kappa shape index (κ1) is 12.4. The molecule has 1 atom stereocenters. The maximum absolute atomic E-state index is 12.8. The van der Waals surface area contributed by atoms with Gasteiger partial charge in [0, 0.05) is 13.0 Å². The second kappa shape index (κ2) is 6.05. The fourth-order valence-electron chi connectivity index (χ4n) is 1.25. The first-order valence-electron chi connectivity index (χ1n) is 4.83.